The van der Waals surface area contributed by atoms with Crippen molar-refractivity contribution in [3.63, 3.8) is 0 Å². The van der Waals surface area contributed by atoms with Crippen LogP contribution in [0.3, 0.4) is 0 Å². The number of carbonyl (C=O) groups is 1. The Balaban J connectivity index is 1.87. The van der Waals surface area contributed by atoms with Crippen LogP contribution >= 0.6 is 12.2 Å². The minimum Gasteiger partial charge on any atom is -0.385 e. The summed E-state index contributed by atoms with van der Waals surface area (Å²) in [5.41, 5.74) is 3.21. The molecule has 7 heteroatoms. The largest absolute Gasteiger partial charge is 0.385 e. The summed E-state index contributed by atoms with van der Waals surface area (Å²) in [5.74, 6) is 0.482. The van der Waals surface area contributed by atoms with E-state index < -0.39 is 0 Å². The van der Waals surface area contributed by atoms with Crippen LogP contribution in [0.4, 0.5) is 0 Å². The zero-order valence-corrected chi connectivity index (χ0v) is 20.8. The number of benzene rings is 2. The van der Waals surface area contributed by atoms with E-state index in [2.05, 4.69) is 62.3 Å². The van der Waals surface area contributed by atoms with Gasteiger partial charge in [0.2, 0.25) is 0 Å². The van der Waals surface area contributed by atoms with E-state index >= 15 is 0 Å². The van der Waals surface area contributed by atoms with Crippen LogP contribution in [0.1, 0.15) is 67.6 Å². The molecule has 0 spiro atoms. The Kier molecular flexibility index (Phi) is 8.21. The Labute approximate surface area is 200 Å². The molecule has 3 aromatic rings. The van der Waals surface area contributed by atoms with Crippen molar-refractivity contribution < 1.29 is 9.53 Å². The first-order chi connectivity index (χ1) is 15.7. The van der Waals surface area contributed by atoms with Crippen molar-refractivity contribution in [2.45, 2.75) is 52.6 Å². The Hall–Kier alpha value is -2.77. The molecule has 0 bridgehead atoms. The first-order valence-corrected chi connectivity index (χ1v) is 11.8. The fourth-order valence-corrected chi connectivity index (χ4v) is 4.20. The van der Waals surface area contributed by atoms with E-state index in [1.807, 2.05) is 0 Å². The van der Waals surface area contributed by atoms with Crippen LogP contribution in [0.2, 0.25) is 0 Å². The molecule has 1 atom stereocenters. The summed E-state index contributed by atoms with van der Waals surface area (Å²) in [6.07, 6.45) is 0.689. The number of H-pyrrole nitrogens is 1. The average molecular weight is 468 g/mol. The molecule has 0 saturated carbocycles. The van der Waals surface area contributed by atoms with Gasteiger partial charge in [-0.3, -0.25) is 14.2 Å². The number of nitrogens with one attached hydrogen (secondary N) is 2. The van der Waals surface area contributed by atoms with Gasteiger partial charge in [-0.25, -0.2) is 0 Å². The molecule has 2 aromatic carbocycles. The van der Waals surface area contributed by atoms with Crippen LogP contribution in [0.15, 0.2) is 47.3 Å². The number of nitrogens with zero attached hydrogens (tertiary/aromatic N) is 1. The van der Waals surface area contributed by atoms with E-state index in [-0.39, 0.29) is 23.4 Å². The Morgan fingerprint density at radius 1 is 1.09 bits per heavy atom. The highest BCUT2D eigenvalue weighted by atomic mass is 32.1. The van der Waals surface area contributed by atoms with Gasteiger partial charge in [0.05, 0.1) is 16.9 Å². The third kappa shape index (κ3) is 5.78. The average Bonchev–Trinajstić information content (AvgIpc) is 2.79. The predicted octanol–water partition coefficient (Wildman–Crippen LogP) is 5.35. The molecule has 0 saturated heterocycles. The molecule has 6 nitrogen and oxygen atoms in total. The number of methoxy groups -OCH3 is 1. The second-order valence-electron chi connectivity index (χ2n) is 9.01. The van der Waals surface area contributed by atoms with E-state index in [4.69, 9.17) is 17.0 Å². The Morgan fingerprint density at radius 3 is 2.36 bits per heavy atom. The summed E-state index contributed by atoms with van der Waals surface area (Å²) in [6, 6.07) is 13.4. The van der Waals surface area contributed by atoms with Crippen molar-refractivity contribution >= 4 is 29.0 Å². The quantitative estimate of drug-likeness (QED) is 0.329. The number of amides is 1. The van der Waals surface area contributed by atoms with Gasteiger partial charge in [0.15, 0.2) is 4.77 Å². The molecule has 3 rings (SSSR count). The highest BCUT2D eigenvalue weighted by Gasteiger charge is 2.20. The second-order valence-corrected chi connectivity index (χ2v) is 9.40. The molecule has 0 aliphatic carbocycles. The first-order valence-electron chi connectivity index (χ1n) is 11.4. The molecule has 0 aliphatic heterocycles. The summed E-state index contributed by atoms with van der Waals surface area (Å²) >= 11 is 5.39. The van der Waals surface area contributed by atoms with Gasteiger partial charge >= 0.3 is 0 Å². The number of carbonyl (C=O) groups excluding carboxylic acids is 1. The van der Waals surface area contributed by atoms with Crippen LogP contribution in [0.5, 0.6) is 0 Å². The lowest BCUT2D eigenvalue weighted by atomic mass is 9.93. The number of fused-ring (bicyclic) bond motifs is 1. The number of hydrogen-bond donors (Lipinski definition) is 2. The predicted molar refractivity (Wildman–Crippen MR) is 135 cm³/mol. The molecule has 0 fully saturated rings. The molecule has 1 aromatic heterocycles. The highest BCUT2D eigenvalue weighted by Crippen LogP contribution is 2.25. The standard InChI is InChI=1S/C26H33N3O3S/c1-16(2)18-7-9-19(10-8-18)23(17(3)4)28-24(30)20-11-12-21-22(15-20)27-26(33)29(25(21)31)13-6-14-32-5/h7-12,15-17,23H,6,13-14H2,1-5H3,(H,27,33)(H,28,30). The summed E-state index contributed by atoms with van der Waals surface area (Å²) in [7, 11) is 1.63. The van der Waals surface area contributed by atoms with Gasteiger partial charge in [-0.1, -0.05) is 52.0 Å². The van der Waals surface area contributed by atoms with Crippen LogP contribution in [0, 0.1) is 10.7 Å². The topological polar surface area (TPSA) is 76.1 Å². The van der Waals surface area contributed by atoms with Gasteiger partial charge in [-0.05, 0) is 59.8 Å². The molecule has 2 N–H and O–H groups in total. The van der Waals surface area contributed by atoms with Gasteiger partial charge in [-0.15, -0.1) is 0 Å². The number of aromatic amines is 1. The zero-order valence-electron chi connectivity index (χ0n) is 20.0. The maximum atomic E-state index is 13.1. The van der Waals surface area contributed by atoms with E-state index in [0.29, 0.717) is 46.7 Å². The molecule has 0 aliphatic rings. The van der Waals surface area contributed by atoms with Crippen LogP contribution in [0.25, 0.3) is 10.9 Å². The highest BCUT2D eigenvalue weighted by molar-refractivity contribution is 7.71. The zero-order chi connectivity index (χ0) is 24.1. The number of hydrogen-bond acceptors (Lipinski definition) is 4. The lowest BCUT2D eigenvalue weighted by Gasteiger charge is -2.23. The van der Waals surface area contributed by atoms with Crippen LogP contribution < -0.4 is 10.9 Å². The third-order valence-electron chi connectivity index (χ3n) is 5.89. The molecule has 1 heterocycles. The van der Waals surface area contributed by atoms with Gasteiger partial charge in [0.1, 0.15) is 0 Å². The Bertz CT molecular complexity index is 1230. The fourth-order valence-electron chi connectivity index (χ4n) is 3.91. The third-order valence-corrected chi connectivity index (χ3v) is 6.21. The first kappa shape index (κ1) is 24.9. The fraction of sp³-hybridized carbons (Fsp3) is 0.423. The van der Waals surface area contributed by atoms with Crippen molar-refractivity contribution in [2.24, 2.45) is 5.92 Å². The van der Waals surface area contributed by atoms with E-state index in [9.17, 15) is 9.59 Å². The maximum absolute atomic E-state index is 13.1. The molecule has 1 amide bonds. The number of aromatic nitrogens is 2. The van der Waals surface area contributed by atoms with Gasteiger partial charge < -0.3 is 15.0 Å². The van der Waals surface area contributed by atoms with Crippen LogP contribution in [-0.2, 0) is 11.3 Å². The Morgan fingerprint density at radius 2 is 1.76 bits per heavy atom. The molecule has 176 valence electrons. The minimum atomic E-state index is -0.188. The summed E-state index contributed by atoms with van der Waals surface area (Å²) in [5, 5.41) is 3.66. The van der Waals surface area contributed by atoms with Crippen molar-refractivity contribution in [3.8, 4) is 0 Å². The maximum Gasteiger partial charge on any atom is 0.262 e. The number of ether oxygens (including phenoxy) is 1. The van der Waals surface area contributed by atoms with E-state index in [1.165, 1.54) is 10.1 Å². The molecule has 33 heavy (non-hydrogen) atoms. The molecular formula is C26H33N3O3S. The normalized spacial score (nSPS) is 12.5. The SMILES string of the molecule is COCCCn1c(=S)[nH]c2cc(C(=O)NC(c3ccc(C(C)C)cc3)C(C)C)ccc2c1=O. The summed E-state index contributed by atoms with van der Waals surface area (Å²) < 4.78 is 6.94. The molecule has 1 unspecified atom stereocenters. The monoisotopic (exact) mass is 467 g/mol. The smallest absolute Gasteiger partial charge is 0.262 e. The van der Waals surface area contributed by atoms with E-state index in [1.54, 1.807) is 25.3 Å². The van der Waals surface area contributed by atoms with Gasteiger partial charge in [0, 0.05) is 25.8 Å². The van der Waals surface area contributed by atoms with Gasteiger partial charge in [0.25, 0.3) is 11.5 Å². The number of rotatable bonds is 9. The summed E-state index contributed by atoms with van der Waals surface area (Å²) in [4.78, 5) is 29.1. The van der Waals surface area contributed by atoms with Crippen LogP contribution in [-0.4, -0.2) is 29.2 Å². The minimum absolute atomic E-state index is 0.123. The molecule has 0 radical (unpaired) electrons. The lowest BCUT2D eigenvalue weighted by molar-refractivity contribution is 0.0925. The lowest BCUT2D eigenvalue weighted by Crippen LogP contribution is -2.32. The van der Waals surface area contributed by atoms with Crippen molar-refractivity contribution in [3.05, 3.63) is 74.3 Å². The molecular weight excluding hydrogens is 434 g/mol. The summed E-state index contributed by atoms with van der Waals surface area (Å²) in [6.45, 7) is 9.53. The van der Waals surface area contributed by atoms with Crippen molar-refractivity contribution in [1.29, 1.82) is 0 Å². The van der Waals surface area contributed by atoms with Gasteiger partial charge in [-0.2, -0.15) is 0 Å². The van der Waals surface area contributed by atoms with E-state index in [0.717, 1.165) is 5.56 Å². The van der Waals surface area contributed by atoms with Crippen molar-refractivity contribution in [1.82, 2.24) is 14.9 Å². The second kappa shape index (κ2) is 10.9. The van der Waals surface area contributed by atoms with Crippen molar-refractivity contribution in [2.75, 3.05) is 13.7 Å².